The predicted octanol–water partition coefficient (Wildman–Crippen LogP) is 1.07. The average Bonchev–Trinajstić information content (AvgIpc) is 2.87. The second kappa shape index (κ2) is 9.85. The fourth-order valence-corrected chi connectivity index (χ4v) is 4.21. The molecule has 2 unspecified atom stereocenters. The molecule has 1 aliphatic rings. The molecule has 162 valence electrons. The fraction of sp³-hybridized carbons (Fsp3) is 0.667. The highest BCUT2D eigenvalue weighted by atomic mass is 31.2. The number of rotatable bonds is 9. The lowest BCUT2D eigenvalue weighted by Gasteiger charge is -2.32. The number of phosphoric ester groups is 1. The molecule has 0 spiro atoms. The lowest BCUT2D eigenvalue weighted by Crippen LogP contribution is -2.40. The van der Waals surface area contributed by atoms with Crippen LogP contribution >= 0.6 is 7.82 Å². The van der Waals surface area contributed by atoms with Crippen molar-refractivity contribution in [3.63, 3.8) is 0 Å². The summed E-state index contributed by atoms with van der Waals surface area (Å²) in [5.41, 5.74) is 4.88. The second-order valence-electron chi connectivity index (χ2n) is 7.39. The van der Waals surface area contributed by atoms with Crippen molar-refractivity contribution in [2.45, 2.75) is 64.8 Å². The van der Waals surface area contributed by atoms with Gasteiger partial charge in [-0.05, 0) is 32.3 Å². The molecular formula is C18H27N3O7P-. The van der Waals surface area contributed by atoms with Crippen LogP contribution in [-0.2, 0) is 23.1 Å². The van der Waals surface area contributed by atoms with Gasteiger partial charge in [0.15, 0.2) is 6.23 Å². The molecule has 0 aliphatic carbocycles. The Hall–Kier alpha value is -1.73. The van der Waals surface area contributed by atoms with Gasteiger partial charge in [-0.2, -0.15) is 4.98 Å². The molecule has 1 aromatic rings. The molecule has 0 saturated carbocycles. The summed E-state index contributed by atoms with van der Waals surface area (Å²) in [5.74, 6) is 2.52. The van der Waals surface area contributed by atoms with Crippen LogP contribution in [0.2, 0.25) is 0 Å². The van der Waals surface area contributed by atoms with Crippen LogP contribution in [0.4, 0.5) is 5.82 Å². The molecule has 11 heteroatoms. The van der Waals surface area contributed by atoms with Crippen molar-refractivity contribution in [3.05, 3.63) is 22.7 Å². The van der Waals surface area contributed by atoms with E-state index in [1.165, 1.54) is 16.8 Å². The molecule has 0 amide bonds. The first kappa shape index (κ1) is 23.5. The quantitative estimate of drug-likeness (QED) is 0.452. The van der Waals surface area contributed by atoms with Crippen molar-refractivity contribution < 1.29 is 28.0 Å². The van der Waals surface area contributed by atoms with Gasteiger partial charge in [-0.1, -0.05) is 19.8 Å². The van der Waals surface area contributed by atoms with Gasteiger partial charge in [0, 0.05) is 6.20 Å². The van der Waals surface area contributed by atoms with E-state index >= 15 is 0 Å². The largest absolute Gasteiger partial charge is 0.756 e. The SMILES string of the molecule is C#CCOC1[C@@H](OP(=O)([O-])OC(C)C)[C@@H](CC(C)C)O[C@H]1n1ccc(N)nc1=O. The van der Waals surface area contributed by atoms with Gasteiger partial charge in [-0.25, -0.2) is 4.79 Å². The molecule has 2 heterocycles. The number of hydrogen-bond donors (Lipinski definition) is 1. The molecule has 1 fully saturated rings. The molecule has 2 rings (SSSR count). The van der Waals surface area contributed by atoms with E-state index in [4.69, 9.17) is 30.7 Å². The molecule has 5 atom stereocenters. The van der Waals surface area contributed by atoms with E-state index in [-0.39, 0.29) is 18.3 Å². The van der Waals surface area contributed by atoms with E-state index in [9.17, 15) is 14.3 Å². The monoisotopic (exact) mass is 428 g/mol. The minimum Gasteiger partial charge on any atom is -0.756 e. The summed E-state index contributed by atoms with van der Waals surface area (Å²) in [4.78, 5) is 28.3. The standard InChI is InChI=1S/C18H28N3O7P/c1-6-9-25-16-15(28-29(23,24)27-12(4)5)13(10-11(2)3)26-17(16)21-8-7-14(19)20-18(21)22/h1,7-8,11-13,15-17H,9-10H2,2-5H3,(H,23,24)(H2,19,20,22)/p-1/t13-,15+,16?,17-/m1/s1. The number of terminal acetylenes is 1. The highest BCUT2D eigenvalue weighted by Gasteiger charge is 2.49. The summed E-state index contributed by atoms with van der Waals surface area (Å²) in [6.07, 6.45) is 2.80. The molecule has 1 saturated heterocycles. The van der Waals surface area contributed by atoms with Gasteiger partial charge in [-0.15, -0.1) is 6.42 Å². The summed E-state index contributed by atoms with van der Waals surface area (Å²) in [6.45, 7) is 6.90. The molecule has 10 nitrogen and oxygen atoms in total. The predicted molar refractivity (Wildman–Crippen MR) is 104 cm³/mol. The highest BCUT2D eigenvalue weighted by Crippen LogP contribution is 2.47. The first-order valence-electron chi connectivity index (χ1n) is 9.27. The third-order valence-electron chi connectivity index (χ3n) is 4.06. The van der Waals surface area contributed by atoms with Crippen molar-refractivity contribution in [1.82, 2.24) is 9.55 Å². The Morgan fingerprint density at radius 3 is 2.66 bits per heavy atom. The molecule has 0 bridgehead atoms. The summed E-state index contributed by atoms with van der Waals surface area (Å²) < 4.78 is 35.4. The Bertz CT molecular complexity index is 835. The van der Waals surface area contributed by atoms with Crippen LogP contribution in [-0.4, -0.2) is 40.6 Å². The molecule has 0 aromatic carbocycles. The lowest BCUT2D eigenvalue weighted by atomic mass is 10.0. The zero-order chi connectivity index (χ0) is 21.8. The van der Waals surface area contributed by atoms with Crippen LogP contribution in [0.15, 0.2) is 17.1 Å². The third kappa shape index (κ3) is 6.37. The van der Waals surface area contributed by atoms with Gasteiger partial charge in [0.05, 0.1) is 12.2 Å². The van der Waals surface area contributed by atoms with Crippen molar-refractivity contribution in [3.8, 4) is 12.3 Å². The maximum Gasteiger partial charge on any atom is 0.351 e. The number of anilines is 1. The van der Waals surface area contributed by atoms with Crippen molar-refractivity contribution >= 4 is 13.6 Å². The second-order valence-corrected chi connectivity index (χ2v) is 8.70. The molecule has 0 radical (unpaired) electrons. The smallest absolute Gasteiger partial charge is 0.351 e. The maximum absolute atomic E-state index is 12.3. The first-order valence-corrected chi connectivity index (χ1v) is 10.7. The highest BCUT2D eigenvalue weighted by molar-refractivity contribution is 7.45. The normalized spacial score (nSPS) is 26.6. The van der Waals surface area contributed by atoms with Gasteiger partial charge in [-0.3, -0.25) is 9.13 Å². The number of ether oxygens (including phenoxy) is 2. The Balaban J connectivity index is 2.42. The zero-order valence-corrected chi connectivity index (χ0v) is 17.8. The van der Waals surface area contributed by atoms with E-state index in [1.54, 1.807) is 13.8 Å². The molecular weight excluding hydrogens is 401 g/mol. The van der Waals surface area contributed by atoms with Crippen molar-refractivity contribution in [1.29, 1.82) is 0 Å². The number of aromatic nitrogens is 2. The number of phosphoric acid groups is 1. The van der Waals surface area contributed by atoms with E-state index in [1.807, 2.05) is 13.8 Å². The Morgan fingerprint density at radius 1 is 1.41 bits per heavy atom. The Morgan fingerprint density at radius 2 is 2.10 bits per heavy atom. The number of nitrogens with two attached hydrogens (primary N) is 1. The molecule has 29 heavy (non-hydrogen) atoms. The molecule has 2 N–H and O–H groups in total. The van der Waals surface area contributed by atoms with Gasteiger partial charge in [0.1, 0.15) is 24.6 Å². The van der Waals surface area contributed by atoms with Gasteiger partial charge < -0.3 is 29.1 Å². The van der Waals surface area contributed by atoms with Crippen LogP contribution < -0.4 is 16.3 Å². The Labute approximate surface area is 169 Å². The van der Waals surface area contributed by atoms with Crippen molar-refractivity contribution in [2.24, 2.45) is 5.92 Å². The van der Waals surface area contributed by atoms with Crippen LogP contribution in [0.5, 0.6) is 0 Å². The van der Waals surface area contributed by atoms with Crippen LogP contribution in [0.1, 0.15) is 40.3 Å². The van der Waals surface area contributed by atoms with Crippen LogP contribution in [0.25, 0.3) is 0 Å². The van der Waals surface area contributed by atoms with E-state index in [0.29, 0.717) is 6.42 Å². The maximum atomic E-state index is 12.3. The molecule has 1 aromatic heterocycles. The zero-order valence-electron chi connectivity index (χ0n) is 16.9. The summed E-state index contributed by atoms with van der Waals surface area (Å²) >= 11 is 0. The summed E-state index contributed by atoms with van der Waals surface area (Å²) in [6, 6.07) is 1.43. The Kier molecular flexibility index (Phi) is 8.00. The first-order chi connectivity index (χ1) is 13.5. The molecule has 1 aliphatic heterocycles. The van der Waals surface area contributed by atoms with E-state index in [0.717, 1.165) is 0 Å². The van der Waals surface area contributed by atoms with Gasteiger partial charge >= 0.3 is 5.69 Å². The third-order valence-corrected chi connectivity index (χ3v) is 5.25. The number of hydrogen-bond acceptors (Lipinski definition) is 9. The van der Waals surface area contributed by atoms with E-state index in [2.05, 4.69) is 10.9 Å². The van der Waals surface area contributed by atoms with E-state index < -0.39 is 44.2 Å². The van der Waals surface area contributed by atoms with Crippen LogP contribution in [0, 0.1) is 18.3 Å². The van der Waals surface area contributed by atoms with Crippen LogP contribution in [0.3, 0.4) is 0 Å². The van der Waals surface area contributed by atoms with Gasteiger partial charge in [0.2, 0.25) is 0 Å². The number of nitrogens with zero attached hydrogens (tertiary/aromatic N) is 2. The lowest BCUT2D eigenvalue weighted by molar-refractivity contribution is -0.237. The topological polar surface area (TPSA) is 138 Å². The minimum absolute atomic E-state index is 0.0475. The van der Waals surface area contributed by atoms with Crippen molar-refractivity contribution in [2.75, 3.05) is 12.3 Å². The fourth-order valence-electron chi connectivity index (χ4n) is 3.09. The summed E-state index contributed by atoms with van der Waals surface area (Å²) in [5, 5.41) is 0. The number of nitrogen functional groups attached to an aromatic ring is 1. The average molecular weight is 428 g/mol. The minimum atomic E-state index is -4.67. The summed E-state index contributed by atoms with van der Waals surface area (Å²) in [7, 11) is -4.67. The van der Waals surface area contributed by atoms with Gasteiger partial charge in [0.25, 0.3) is 7.82 Å².